The van der Waals surface area contributed by atoms with E-state index in [0.717, 1.165) is 12.6 Å². The first kappa shape index (κ1) is 18.4. The first-order valence-electron chi connectivity index (χ1n) is 7.47. The first-order chi connectivity index (χ1) is 11.0. The quantitative estimate of drug-likeness (QED) is 0.390. The van der Waals surface area contributed by atoms with Crippen LogP contribution in [-0.2, 0) is 4.74 Å². The van der Waals surface area contributed by atoms with Crippen molar-refractivity contribution in [3.8, 4) is 0 Å². The Bertz CT molecular complexity index is 609. The van der Waals surface area contributed by atoms with Crippen molar-refractivity contribution in [3.63, 3.8) is 0 Å². The number of rotatable bonds is 8. The molecule has 0 aliphatic rings. The predicted octanol–water partition coefficient (Wildman–Crippen LogP) is 2.89. The summed E-state index contributed by atoms with van der Waals surface area (Å²) in [6.45, 7) is 4.58. The summed E-state index contributed by atoms with van der Waals surface area (Å²) in [7, 11) is 1.32. The third-order valence-electron chi connectivity index (χ3n) is 3.13. The molecule has 0 unspecified atom stereocenters. The van der Waals surface area contributed by atoms with Gasteiger partial charge in [0.1, 0.15) is 0 Å². The zero-order chi connectivity index (χ0) is 17.2. The monoisotopic (exact) mass is 316 g/mol. The maximum atomic E-state index is 11.9. The van der Waals surface area contributed by atoms with Gasteiger partial charge in [0.2, 0.25) is 0 Å². The molecule has 0 aromatic heterocycles. The van der Waals surface area contributed by atoms with Gasteiger partial charge >= 0.3 is 5.97 Å². The van der Waals surface area contributed by atoms with Crippen molar-refractivity contribution in [1.82, 2.24) is 0 Å². The summed E-state index contributed by atoms with van der Waals surface area (Å²) in [5.74, 6) is -0.475. The van der Waals surface area contributed by atoms with Gasteiger partial charge in [-0.15, -0.1) is 0 Å². The van der Waals surface area contributed by atoms with Gasteiger partial charge in [-0.3, -0.25) is 4.99 Å². The molecule has 6 nitrogen and oxygen atoms in total. The Morgan fingerprint density at radius 2 is 2.26 bits per heavy atom. The highest BCUT2D eigenvalue weighted by Crippen LogP contribution is 2.24. The fourth-order valence-electron chi connectivity index (χ4n) is 1.94. The van der Waals surface area contributed by atoms with Gasteiger partial charge < -0.3 is 21.2 Å². The molecule has 0 saturated carbocycles. The third kappa shape index (κ3) is 5.58. The van der Waals surface area contributed by atoms with Gasteiger partial charge in [-0.05, 0) is 31.6 Å². The number of ether oxygens (including phenoxy) is 1. The molecule has 0 radical (unpaired) electrons. The van der Waals surface area contributed by atoms with Crippen LogP contribution in [0.4, 0.5) is 11.4 Å². The van der Waals surface area contributed by atoms with Gasteiger partial charge in [0.05, 0.1) is 19.2 Å². The van der Waals surface area contributed by atoms with E-state index in [1.807, 2.05) is 19.1 Å². The van der Waals surface area contributed by atoms with E-state index in [4.69, 9.17) is 15.9 Å². The number of hydrogen-bond acceptors (Lipinski definition) is 6. The SMILES string of the molecule is CC/C=C\C=NC[C@H](C)Nc1cc(C=N)c(N)cc1C(=O)OC. The summed E-state index contributed by atoms with van der Waals surface area (Å²) in [4.78, 5) is 16.2. The minimum atomic E-state index is -0.475. The molecule has 0 heterocycles. The Hall–Kier alpha value is -2.63. The molecule has 0 aliphatic carbocycles. The fourth-order valence-corrected chi connectivity index (χ4v) is 1.94. The standard InChI is InChI=1S/C17H24N4O2/c1-4-5-6-7-20-11-12(2)21-16-8-13(10-18)15(19)9-14(16)17(22)23-3/h5-10,12,18,21H,4,11,19H2,1-3H3/b6-5-,18-10?,20-7?/t12-/m0/s1. The van der Waals surface area contributed by atoms with E-state index in [2.05, 4.69) is 17.2 Å². The largest absolute Gasteiger partial charge is 0.465 e. The Balaban J connectivity index is 2.92. The number of esters is 1. The van der Waals surface area contributed by atoms with E-state index in [1.54, 1.807) is 12.3 Å². The average Bonchev–Trinajstić information content (AvgIpc) is 2.55. The molecule has 23 heavy (non-hydrogen) atoms. The second kappa shape index (κ2) is 9.40. The highest BCUT2D eigenvalue weighted by Gasteiger charge is 2.16. The molecular formula is C17H24N4O2. The zero-order valence-corrected chi connectivity index (χ0v) is 13.8. The lowest BCUT2D eigenvalue weighted by molar-refractivity contribution is 0.0602. The summed E-state index contributed by atoms with van der Waals surface area (Å²) >= 11 is 0. The van der Waals surface area contributed by atoms with E-state index in [0.29, 0.717) is 29.0 Å². The number of anilines is 2. The summed E-state index contributed by atoms with van der Waals surface area (Å²) in [6, 6.07) is 3.20. The summed E-state index contributed by atoms with van der Waals surface area (Å²) in [5, 5.41) is 10.6. The molecule has 124 valence electrons. The molecule has 6 heteroatoms. The van der Waals surface area contributed by atoms with E-state index in [9.17, 15) is 4.79 Å². The van der Waals surface area contributed by atoms with Gasteiger partial charge in [0.15, 0.2) is 0 Å². The van der Waals surface area contributed by atoms with Gasteiger partial charge in [-0.25, -0.2) is 4.79 Å². The number of nitrogens with zero attached hydrogens (tertiary/aromatic N) is 1. The Morgan fingerprint density at radius 1 is 1.52 bits per heavy atom. The smallest absolute Gasteiger partial charge is 0.340 e. The molecule has 0 aliphatic heterocycles. The topological polar surface area (TPSA) is 101 Å². The number of hydrogen-bond donors (Lipinski definition) is 3. The molecule has 0 saturated heterocycles. The summed E-state index contributed by atoms with van der Waals surface area (Å²) in [6.07, 6.45) is 7.81. The van der Waals surface area contributed by atoms with Crippen molar-refractivity contribution in [3.05, 3.63) is 35.4 Å². The van der Waals surface area contributed by atoms with Crippen LogP contribution in [0.1, 0.15) is 36.2 Å². The van der Waals surface area contributed by atoms with Crippen molar-refractivity contribution in [2.24, 2.45) is 4.99 Å². The number of nitrogen functional groups attached to an aromatic ring is 1. The number of aliphatic imine (C=N–C) groups is 1. The number of allylic oxidation sites excluding steroid dienone is 2. The van der Waals surface area contributed by atoms with Crippen LogP contribution in [0.25, 0.3) is 0 Å². The highest BCUT2D eigenvalue weighted by atomic mass is 16.5. The lowest BCUT2D eigenvalue weighted by atomic mass is 10.1. The highest BCUT2D eigenvalue weighted by molar-refractivity contribution is 6.00. The number of methoxy groups -OCH3 is 1. The molecule has 0 bridgehead atoms. The van der Waals surface area contributed by atoms with Gasteiger partial charge in [-0.1, -0.05) is 13.0 Å². The molecule has 1 aromatic carbocycles. The Kier molecular flexibility index (Phi) is 7.53. The van der Waals surface area contributed by atoms with Crippen molar-refractivity contribution in [2.75, 3.05) is 24.7 Å². The minimum Gasteiger partial charge on any atom is -0.465 e. The Labute approximate surface area is 137 Å². The summed E-state index contributed by atoms with van der Waals surface area (Å²) < 4.78 is 4.78. The van der Waals surface area contributed by atoms with Crippen molar-refractivity contribution in [2.45, 2.75) is 26.3 Å². The lowest BCUT2D eigenvalue weighted by Crippen LogP contribution is -2.21. The summed E-state index contributed by atoms with van der Waals surface area (Å²) in [5.41, 5.74) is 7.66. The molecule has 4 N–H and O–H groups in total. The molecule has 0 spiro atoms. The van der Waals surface area contributed by atoms with E-state index < -0.39 is 5.97 Å². The Morgan fingerprint density at radius 3 is 2.87 bits per heavy atom. The van der Waals surface area contributed by atoms with Gasteiger partial charge in [0.25, 0.3) is 0 Å². The van der Waals surface area contributed by atoms with Crippen LogP contribution in [0.2, 0.25) is 0 Å². The number of carbonyl (C=O) groups is 1. The van der Waals surface area contributed by atoms with Crippen LogP contribution in [0, 0.1) is 5.41 Å². The zero-order valence-electron chi connectivity index (χ0n) is 13.8. The second-order valence-electron chi connectivity index (χ2n) is 5.06. The number of nitrogens with one attached hydrogen (secondary N) is 2. The van der Waals surface area contributed by atoms with Crippen LogP contribution < -0.4 is 11.1 Å². The third-order valence-corrected chi connectivity index (χ3v) is 3.13. The fraction of sp³-hybridized carbons (Fsp3) is 0.353. The van der Waals surface area contributed by atoms with Crippen LogP contribution >= 0.6 is 0 Å². The molecule has 1 aromatic rings. The van der Waals surface area contributed by atoms with Crippen molar-refractivity contribution in [1.29, 1.82) is 5.41 Å². The molecule has 1 rings (SSSR count). The molecular weight excluding hydrogens is 292 g/mol. The van der Waals surface area contributed by atoms with Crippen LogP contribution in [0.3, 0.4) is 0 Å². The molecule has 1 atom stereocenters. The first-order valence-corrected chi connectivity index (χ1v) is 7.47. The average molecular weight is 316 g/mol. The van der Waals surface area contributed by atoms with Crippen LogP contribution in [0.15, 0.2) is 29.3 Å². The number of nitrogens with two attached hydrogens (primary N) is 1. The normalized spacial score (nSPS) is 12.5. The lowest BCUT2D eigenvalue weighted by Gasteiger charge is -2.17. The second-order valence-corrected chi connectivity index (χ2v) is 5.06. The van der Waals surface area contributed by atoms with Gasteiger partial charge in [-0.2, -0.15) is 0 Å². The van der Waals surface area contributed by atoms with Crippen molar-refractivity contribution < 1.29 is 9.53 Å². The molecule has 0 fully saturated rings. The maximum absolute atomic E-state index is 11.9. The van der Waals surface area contributed by atoms with E-state index in [-0.39, 0.29) is 6.04 Å². The van der Waals surface area contributed by atoms with E-state index >= 15 is 0 Å². The van der Waals surface area contributed by atoms with Crippen LogP contribution in [-0.4, -0.2) is 38.1 Å². The predicted molar refractivity (Wildman–Crippen MR) is 96.0 cm³/mol. The van der Waals surface area contributed by atoms with Gasteiger partial charge in [0, 0.05) is 35.4 Å². The minimum absolute atomic E-state index is 0.00638. The number of benzene rings is 1. The molecule has 0 amide bonds. The number of carbonyl (C=O) groups excluding carboxylic acids is 1. The maximum Gasteiger partial charge on any atom is 0.340 e. The van der Waals surface area contributed by atoms with E-state index in [1.165, 1.54) is 13.2 Å². The van der Waals surface area contributed by atoms with Crippen molar-refractivity contribution >= 4 is 29.8 Å². The van der Waals surface area contributed by atoms with Crippen LogP contribution in [0.5, 0.6) is 0 Å².